The summed E-state index contributed by atoms with van der Waals surface area (Å²) in [5.41, 5.74) is 5.14. The summed E-state index contributed by atoms with van der Waals surface area (Å²) in [5, 5.41) is 0. The summed E-state index contributed by atoms with van der Waals surface area (Å²) in [7, 11) is 0. The molecule has 0 amide bonds. The predicted octanol–water partition coefficient (Wildman–Crippen LogP) is 0.446. The number of carbonyl (C=O) groups excluding carboxylic acids is 1. The van der Waals surface area contributed by atoms with Gasteiger partial charge in [-0.1, -0.05) is 0 Å². The van der Waals surface area contributed by atoms with Gasteiger partial charge in [-0.05, 0) is 25.7 Å². The van der Waals surface area contributed by atoms with Crippen LogP contribution in [-0.4, -0.2) is 30.8 Å². The van der Waals surface area contributed by atoms with Crippen LogP contribution in [0.25, 0.3) is 0 Å². The fraction of sp³-hybridized carbons (Fsp3) is 0.900. The van der Waals surface area contributed by atoms with Gasteiger partial charge >= 0.3 is 5.97 Å². The lowest BCUT2D eigenvalue weighted by Crippen LogP contribution is -2.49. The van der Waals surface area contributed by atoms with Gasteiger partial charge in [0, 0.05) is 6.42 Å². The van der Waals surface area contributed by atoms with Crippen LogP contribution in [0.1, 0.15) is 26.2 Å². The summed E-state index contributed by atoms with van der Waals surface area (Å²) >= 11 is 0. The summed E-state index contributed by atoms with van der Waals surface area (Å²) < 4.78 is 10.4. The molecular weight excluding hydrogens is 182 g/mol. The number of ether oxygens (including phenoxy) is 2. The minimum absolute atomic E-state index is 0.0795. The zero-order chi connectivity index (χ0) is 10.2. The van der Waals surface area contributed by atoms with Gasteiger partial charge in [-0.25, -0.2) is 0 Å². The van der Waals surface area contributed by atoms with Gasteiger partial charge in [-0.2, -0.15) is 0 Å². The molecule has 2 rings (SSSR count). The Balaban J connectivity index is 1.87. The van der Waals surface area contributed by atoms with E-state index in [0.29, 0.717) is 19.1 Å². The maximum absolute atomic E-state index is 11.7. The molecule has 1 aliphatic carbocycles. The van der Waals surface area contributed by atoms with Crippen molar-refractivity contribution in [2.45, 2.75) is 37.8 Å². The molecule has 2 fully saturated rings. The number of rotatable bonds is 3. The molecule has 0 aromatic heterocycles. The first-order chi connectivity index (χ1) is 6.60. The molecule has 2 unspecified atom stereocenters. The van der Waals surface area contributed by atoms with Gasteiger partial charge in [0.15, 0.2) is 0 Å². The van der Waals surface area contributed by atoms with E-state index >= 15 is 0 Å². The van der Waals surface area contributed by atoms with Crippen LogP contribution in [0.2, 0.25) is 0 Å². The van der Waals surface area contributed by atoms with Gasteiger partial charge in [0.25, 0.3) is 0 Å². The van der Waals surface area contributed by atoms with Crippen LogP contribution in [0.15, 0.2) is 0 Å². The number of carbonyl (C=O) groups is 1. The molecule has 4 nitrogen and oxygen atoms in total. The third-order valence-corrected chi connectivity index (χ3v) is 3.03. The maximum Gasteiger partial charge on any atom is 0.326 e. The monoisotopic (exact) mass is 199 g/mol. The summed E-state index contributed by atoms with van der Waals surface area (Å²) in [6.45, 7) is 2.97. The Kier molecular flexibility index (Phi) is 2.49. The molecule has 2 N–H and O–H groups in total. The lowest BCUT2D eigenvalue weighted by Gasteiger charge is -2.23. The molecular formula is C10H17NO3. The van der Waals surface area contributed by atoms with E-state index in [1.54, 1.807) is 6.92 Å². The molecule has 1 heterocycles. The van der Waals surface area contributed by atoms with Crippen LogP contribution in [-0.2, 0) is 14.3 Å². The Labute approximate surface area is 83.7 Å². The van der Waals surface area contributed by atoms with E-state index in [9.17, 15) is 4.79 Å². The second-order valence-corrected chi connectivity index (χ2v) is 4.45. The first kappa shape index (κ1) is 9.93. The molecule has 2 atom stereocenters. The Morgan fingerprint density at radius 2 is 2.21 bits per heavy atom. The van der Waals surface area contributed by atoms with Crippen LogP contribution in [0, 0.1) is 5.92 Å². The van der Waals surface area contributed by atoms with Crippen molar-refractivity contribution < 1.29 is 14.3 Å². The van der Waals surface area contributed by atoms with Crippen molar-refractivity contribution in [3.63, 3.8) is 0 Å². The van der Waals surface area contributed by atoms with Crippen molar-refractivity contribution >= 4 is 5.97 Å². The molecule has 1 aliphatic heterocycles. The van der Waals surface area contributed by atoms with E-state index in [4.69, 9.17) is 15.2 Å². The van der Waals surface area contributed by atoms with E-state index < -0.39 is 5.54 Å². The number of esters is 1. The first-order valence-electron chi connectivity index (χ1n) is 5.18. The van der Waals surface area contributed by atoms with Crippen LogP contribution in [0.5, 0.6) is 0 Å². The maximum atomic E-state index is 11.7. The van der Waals surface area contributed by atoms with Crippen LogP contribution < -0.4 is 5.73 Å². The Morgan fingerprint density at radius 3 is 2.71 bits per heavy atom. The van der Waals surface area contributed by atoms with Gasteiger partial charge in [0.2, 0.25) is 0 Å². The normalized spacial score (nSPS) is 31.1. The average Bonchev–Trinajstić information content (AvgIpc) is 2.88. The Morgan fingerprint density at radius 1 is 1.50 bits per heavy atom. The Hall–Kier alpha value is -0.610. The third-order valence-electron chi connectivity index (χ3n) is 3.03. The van der Waals surface area contributed by atoms with E-state index in [1.807, 2.05) is 0 Å². The number of hydrogen-bond donors (Lipinski definition) is 1. The highest BCUT2D eigenvalue weighted by molar-refractivity contribution is 5.81. The van der Waals surface area contributed by atoms with Crippen molar-refractivity contribution in [2.24, 2.45) is 11.7 Å². The zero-order valence-electron chi connectivity index (χ0n) is 8.49. The first-order valence-corrected chi connectivity index (χ1v) is 5.18. The van der Waals surface area contributed by atoms with Gasteiger partial charge in [0.05, 0.1) is 13.2 Å². The van der Waals surface area contributed by atoms with E-state index in [-0.39, 0.29) is 12.1 Å². The van der Waals surface area contributed by atoms with E-state index in [2.05, 4.69) is 0 Å². The fourth-order valence-corrected chi connectivity index (χ4v) is 1.73. The smallest absolute Gasteiger partial charge is 0.326 e. The fourth-order valence-electron chi connectivity index (χ4n) is 1.73. The molecule has 14 heavy (non-hydrogen) atoms. The van der Waals surface area contributed by atoms with Gasteiger partial charge in [-0.3, -0.25) is 4.79 Å². The summed E-state index contributed by atoms with van der Waals surface area (Å²) in [6, 6.07) is 0. The van der Waals surface area contributed by atoms with Gasteiger partial charge in [0.1, 0.15) is 11.6 Å². The zero-order valence-corrected chi connectivity index (χ0v) is 8.49. The van der Waals surface area contributed by atoms with Gasteiger partial charge in [-0.15, -0.1) is 0 Å². The highest BCUT2D eigenvalue weighted by Crippen LogP contribution is 2.38. The van der Waals surface area contributed by atoms with Crippen molar-refractivity contribution in [2.75, 3.05) is 13.2 Å². The highest BCUT2D eigenvalue weighted by Gasteiger charge is 2.46. The highest BCUT2D eigenvalue weighted by atomic mass is 16.6. The SMILES string of the molecule is CC(N)(C(=O)OC1CCOC1)C1CC1. The minimum Gasteiger partial charge on any atom is -0.458 e. The predicted molar refractivity (Wildman–Crippen MR) is 50.6 cm³/mol. The summed E-state index contributed by atoms with van der Waals surface area (Å²) in [6.07, 6.45) is 2.81. The van der Waals surface area contributed by atoms with Crippen molar-refractivity contribution in [3.05, 3.63) is 0 Å². The molecule has 80 valence electrons. The van der Waals surface area contributed by atoms with Crippen molar-refractivity contribution in [3.8, 4) is 0 Å². The topological polar surface area (TPSA) is 61.6 Å². The molecule has 0 aromatic rings. The molecule has 1 saturated heterocycles. The largest absolute Gasteiger partial charge is 0.458 e. The van der Waals surface area contributed by atoms with Crippen LogP contribution >= 0.6 is 0 Å². The van der Waals surface area contributed by atoms with Crippen molar-refractivity contribution in [1.29, 1.82) is 0 Å². The molecule has 0 aromatic carbocycles. The molecule has 4 heteroatoms. The molecule has 0 radical (unpaired) electrons. The van der Waals surface area contributed by atoms with E-state index in [1.165, 1.54) is 0 Å². The lowest BCUT2D eigenvalue weighted by molar-refractivity contribution is -0.155. The average molecular weight is 199 g/mol. The molecule has 2 aliphatic rings. The third kappa shape index (κ3) is 1.91. The van der Waals surface area contributed by atoms with Crippen molar-refractivity contribution in [1.82, 2.24) is 0 Å². The molecule has 0 bridgehead atoms. The molecule has 0 spiro atoms. The Bertz CT molecular complexity index is 230. The second-order valence-electron chi connectivity index (χ2n) is 4.45. The summed E-state index contributed by atoms with van der Waals surface area (Å²) in [5.74, 6) is 0.0489. The van der Waals surface area contributed by atoms with Crippen LogP contribution in [0.3, 0.4) is 0 Å². The number of hydrogen-bond acceptors (Lipinski definition) is 4. The second kappa shape index (κ2) is 3.51. The van der Waals surface area contributed by atoms with Crippen LogP contribution in [0.4, 0.5) is 0 Å². The summed E-state index contributed by atoms with van der Waals surface area (Å²) in [4.78, 5) is 11.7. The lowest BCUT2D eigenvalue weighted by atomic mass is 9.98. The molecule has 1 saturated carbocycles. The van der Waals surface area contributed by atoms with E-state index in [0.717, 1.165) is 19.3 Å². The minimum atomic E-state index is -0.789. The van der Waals surface area contributed by atoms with Gasteiger partial charge < -0.3 is 15.2 Å². The quantitative estimate of drug-likeness (QED) is 0.670. The standard InChI is InChI=1S/C10H17NO3/c1-10(11,7-2-3-7)9(12)14-8-4-5-13-6-8/h7-8H,2-6,11H2,1H3. The number of nitrogens with two attached hydrogens (primary N) is 1.